The molecule has 1 heterocycles. The molecule has 0 saturated carbocycles. The van der Waals surface area contributed by atoms with E-state index in [-0.39, 0.29) is 24.8 Å². The largest absolute Gasteiger partial charge is 0.466 e. The molecule has 7 heteroatoms. The third kappa shape index (κ3) is 4.55. The van der Waals surface area contributed by atoms with Crippen LogP contribution in [-0.4, -0.2) is 57.2 Å². The lowest BCUT2D eigenvalue weighted by atomic mass is 10.1. The first-order valence-electron chi connectivity index (χ1n) is 6.30. The molecule has 1 fully saturated rings. The molecule has 1 atom stereocenters. The first-order chi connectivity index (χ1) is 8.49. The van der Waals surface area contributed by atoms with Crippen LogP contribution >= 0.6 is 0 Å². The number of sulfonamides is 1. The van der Waals surface area contributed by atoms with Crippen LogP contribution in [0.4, 0.5) is 0 Å². The highest BCUT2D eigenvalue weighted by Crippen LogP contribution is 2.14. The second kappa shape index (κ2) is 7.06. The van der Waals surface area contributed by atoms with E-state index < -0.39 is 16.0 Å². The number of piperidine rings is 1. The summed E-state index contributed by atoms with van der Waals surface area (Å²) in [5.74, 6) is -0.620. The molecule has 1 unspecified atom stereocenters. The second-order valence-electron chi connectivity index (χ2n) is 4.36. The van der Waals surface area contributed by atoms with Gasteiger partial charge in [-0.15, -0.1) is 0 Å². The Morgan fingerprint density at radius 3 is 2.83 bits per heavy atom. The normalized spacial score (nSPS) is 21.8. The lowest BCUT2D eigenvalue weighted by Crippen LogP contribution is -2.47. The molecule has 0 aromatic rings. The zero-order chi connectivity index (χ0) is 13.6. The molecule has 0 amide bonds. The summed E-state index contributed by atoms with van der Waals surface area (Å²) >= 11 is 0. The number of nitrogens with zero attached hydrogens (tertiary/aromatic N) is 1. The molecular weight excluding hydrogens is 256 g/mol. The summed E-state index contributed by atoms with van der Waals surface area (Å²) in [7, 11) is -1.51. The van der Waals surface area contributed by atoms with Gasteiger partial charge in [0.15, 0.2) is 0 Å². The van der Waals surface area contributed by atoms with Gasteiger partial charge in [-0.1, -0.05) is 0 Å². The van der Waals surface area contributed by atoms with E-state index in [0.29, 0.717) is 13.1 Å². The van der Waals surface area contributed by atoms with Crippen molar-refractivity contribution in [3.63, 3.8) is 0 Å². The average Bonchev–Trinajstić information content (AvgIpc) is 2.37. The first-order valence-corrected chi connectivity index (χ1v) is 7.91. The van der Waals surface area contributed by atoms with Gasteiger partial charge in [0.25, 0.3) is 0 Å². The number of carbonyl (C=O) groups excluding carboxylic acids is 1. The average molecular weight is 278 g/mol. The Morgan fingerprint density at radius 1 is 1.50 bits per heavy atom. The maximum atomic E-state index is 12.0. The monoisotopic (exact) mass is 278 g/mol. The number of hydrogen-bond acceptors (Lipinski definition) is 5. The Bertz CT molecular complexity index is 369. The quantitative estimate of drug-likeness (QED) is 0.690. The highest BCUT2D eigenvalue weighted by molar-refractivity contribution is 7.89. The summed E-state index contributed by atoms with van der Waals surface area (Å²) in [5, 5.41) is 3.09. The summed E-state index contributed by atoms with van der Waals surface area (Å²) in [6.45, 7) is 3.02. The molecule has 1 saturated heterocycles. The number of nitrogens with one attached hydrogen (secondary N) is 1. The highest BCUT2D eigenvalue weighted by Gasteiger charge is 2.28. The molecule has 0 aliphatic carbocycles. The molecule has 0 aromatic heterocycles. The van der Waals surface area contributed by atoms with Crippen molar-refractivity contribution in [3.8, 4) is 0 Å². The lowest BCUT2D eigenvalue weighted by molar-refractivity contribution is -0.142. The zero-order valence-electron chi connectivity index (χ0n) is 11.0. The van der Waals surface area contributed by atoms with Crippen LogP contribution in [0.3, 0.4) is 0 Å². The van der Waals surface area contributed by atoms with Gasteiger partial charge in [-0.2, -0.15) is 0 Å². The summed E-state index contributed by atoms with van der Waals surface area (Å²) in [5.41, 5.74) is 0. The van der Waals surface area contributed by atoms with Gasteiger partial charge in [-0.3, -0.25) is 4.79 Å². The smallest absolute Gasteiger partial charge is 0.306 e. The van der Waals surface area contributed by atoms with Crippen LogP contribution in [0.1, 0.15) is 26.2 Å². The maximum absolute atomic E-state index is 12.0. The Balaban J connectivity index is 2.49. The van der Waals surface area contributed by atoms with Gasteiger partial charge in [0.1, 0.15) is 0 Å². The standard InChI is InChI=1S/C11H22N2O4S/c1-3-17-11(14)6-8-18(15,16)13-7-4-5-10(9-13)12-2/h10,12H,3-9H2,1-2H3. The van der Waals surface area contributed by atoms with Crippen molar-refractivity contribution in [2.45, 2.75) is 32.2 Å². The van der Waals surface area contributed by atoms with Crippen LogP contribution in [0.2, 0.25) is 0 Å². The molecule has 0 aromatic carbocycles. The zero-order valence-corrected chi connectivity index (χ0v) is 11.8. The molecule has 1 aliphatic rings. The third-order valence-corrected chi connectivity index (χ3v) is 4.89. The minimum Gasteiger partial charge on any atom is -0.466 e. The second-order valence-corrected chi connectivity index (χ2v) is 6.45. The van der Waals surface area contributed by atoms with E-state index in [9.17, 15) is 13.2 Å². The van der Waals surface area contributed by atoms with E-state index in [0.717, 1.165) is 12.8 Å². The molecule has 18 heavy (non-hydrogen) atoms. The molecular formula is C11H22N2O4S. The minimum atomic E-state index is -3.35. The van der Waals surface area contributed by atoms with E-state index in [1.807, 2.05) is 7.05 Å². The van der Waals surface area contributed by atoms with Gasteiger partial charge in [0.2, 0.25) is 10.0 Å². The molecule has 1 rings (SSSR count). The number of ether oxygens (including phenoxy) is 1. The van der Waals surface area contributed by atoms with E-state index in [1.54, 1.807) is 6.92 Å². The first kappa shape index (κ1) is 15.4. The van der Waals surface area contributed by atoms with Gasteiger partial charge in [0.05, 0.1) is 18.8 Å². The van der Waals surface area contributed by atoms with Crippen LogP contribution in [0.25, 0.3) is 0 Å². The topological polar surface area (TPSA) is 75.7 Å². The molecule has 1 N–H and O–H groups in total. The number of hydrogen-bond donors (Lipinski definition) is 1. The molecule has 1 aliphatic heterocycles. The number of rotatable bonds is 6. The fraction of sp³-hybridized carbons (Fsp3) is 0.909. The fourth-order valence-electron chi connectivity index (χ4n) is 2.01. The van der Waals surface area contributed by atoms with Gasteiger partial charge in [0, 0.05) is 19.1 Å². The van der Waals surface area contributed by atoms with Crippen molar-refractivity contribution in [2.75, 3.05) is 32.5 Å². The predicted molar refractivity (Wildman–Crippen MR) is 68.7 cm³/mol. The van der Waals surface area contributed by atoms with E-state index >= 15 is 0 Å². The fourth-order valence-corrected chi connectivity index (χ4v) is 3.50. The number of esters is 1. The van der Waals surface area contributed by atoms with Crippen LogP contribution in [0.5, 0.6) is 0 Å². The summed E-state index contributed by atoms with van der Waals surface area (Å²) < 4.78 is 30.3. The summed E-state index contributed by atoms with van der Waals surface area (Å²) in [6, 6.07) is 0.205. The van der Waals surface area contributed by atoms with Crippen molar-refractivity contribution < 1.29 is 17.9 Å². The van der Waals surface area contributed by atoms with Gasteiger partial charge in [-0.05, 0) is 26.8 Å². The van der Waals surface area contributed by atoms with Gasteiger partial charge < -0.3 is 10.1 Å². The van der Waals surface area contributed by atoms with Crippen LogP contribution in [-0.2, 0) is 19.6 Å². The molecule has 0 spiro atoms. The minimum absolute atomic E-state index is 0.0725. The van der Waals surface area contributed by atoms with Crippen molar-refractivity contribution in [2.24, 2.45) is 0 Å². The highest BCUT2D eigenvalue weighted by atomic mass is 32.2. The Kier molecular flexibility index (Phi) is 6.04. The number of likely N-dealkylation sites (N-methyl/N-ethyl adjacent to an activating group) is 1. The maximum Gasteiger partial charge on any atom is 0.306 e. The Morgan fingerprint density at radius 2 is 2.22 bits per heavy atom. The number of carbonyl (C=O) groups is 1. The summed E-state index contributed by atoms with van der Waals surface area (Å²) in [4.78, 5) is 11.2. The molecule has 0 bridgehead atoms. The van der Waals surface area contributed by atoms with Gasteiger partial charge in [-0.25, -0.2) is 12.7 Å². The SMILES string of the molecule is CCOC(=O)CCS(=O)(=O)N1CCCC(NC)C1. The molecule has 106 valence electrons. The van der Waals surface area contributed by atoms with Gasteiger partial charge >= 0.3 is 5.97 Å². The summed E-state index contributed by atoms with van der Waals surface area (Å²) in [6.07, 6.45) is 1.77. The van der Waals surface area contributed by atoms with Crippen molar-refractivity contribution >= 4 is 16.0 Å². The molecule has 0 radical (unpaired) electrons. The van der Waals surface area contributed by atoms with Crippen molar-refractivity contribution in [3.05, 3.63) is 0 Å². The van der Waals surface area contributed by atoms with Crippen LogP contribution in [0.15, 0.2) is 0 Å². The van der Waals surface area contributed by atoms with E-state index in [2.05, 4.69) is 5.32 Å². The predicted octanol–water partition coefficient (Wildman–Crippen LogP) is -0.0468. The van der Waals surface area contributed by atoms with E-state index in [4.69, 9.17) is 4.74 Å². The molecule has 6 nitrogen and oxygen atoms in total. The van der Waals surface area contributed by atoms with Crippen LogP contribution < -0.4 is 5.32 Å². The van der Waals surface area contributed by atoms with Crippen LogP contribution in [0, 0.1) is 0 Å². The third-order valence-electron chi connectivity index (χ3n) is 3.06. The van der Waals surface area contributed by atoms with E-state index in [1.165, 1.54) is 4.31 Å². The Labute approximate surface area is 109 Å². The van der Waals surface area contributed by atoms with Crippen molar-refractivity contribution in [1.29, 1.82) is 0 Å². The lowest BCUT2D eigenvalue weighted by Gasteiger charge is -2.31. The van der Waals surface area contributed by atoms with Crippen molar-refractivity contribution in [1.82, 2.24) is 9.62 Å². The Hall–Kier alpha value is -0.660.